The van der Waals surface area contributed by atoms with Crippen molar-refractivity contribution in [3.8, 4) is 0 Å². The summed E-state index contributed by atoms with van der Waals surface area (Å²) in [6.45, 7) is 10.7. The van der Waals surface area contributed by atoms with Crippen LogP contribution in [0.25, 0.3) is 0 Å². The third-order valence-electron chi connectivity index (χ3n) is 4.29. The summed E-state index contributed by atoms with van der Waals surface area (Å²) in [5.41, 5.74) is 8.81. The molecule has 0 aromatic heterocycles. The number of likely N-dealkylation sites (N-methyl/N-ethyl adjacent to an activating group) is 1. The van der Waals surface area contributed by atoms with Gasteiger partial charge in [-0.05, 0) is 44.9 Å². The van der Waals surface area contributed by atoms with E-state index >= 15 is 0 Å². The Hall–Kier alpha value is -1.02. The fourth-order valence-corrected chi connectivity index (χ4v) is 2.95. The number of hydrogen-bond acceptors (Lipinski definition) is 2. The Morgan fingerprint density at radius 2 is 1.90 bits per heavy atom. The van der Waals surface area contributed by atoms with E-state index in [1.54, 1.807) is 0 Å². The van der Waals surface area contributed by atoms with E-state index < -0.39 is 0 Å². The van der Waals surface area contributed by atoms with E-state index in [1.165, 1.54) is 43.4 Å². The molecule has 1 unspecified atom stereocenters. The molecule has 1 atom stereocenters. The molecule has 0 saturated heterocycles. The summed E-state index contributed by atoms with van der Waals surface area (Å²) in [7, 11) is 0. The molecule has 1 aromatic rings. The first-order valence-electron chi connectivity index (χ1n) is 8.11. The molecule has 0 spiro atoms. The van der Waals surface area contributed by atoms with Crippen LogP contribution in [0.3, 0.4) is 0 Å². The molecule has 0 saturated carbocycles. The van der Waals surface area contributed by atoms with Crippen molar-refractivity contribution in [2.45, 2.75) is 65.3 Å². The van der Waals surface area contributed by atoms with E-state index in [0.717, 1.165) is 6.54 Å². The highest BCUT2D eigenvalue weighted by molar-refractivity contribution is 5.50. The lowest BCUT2D eigenvalue weighted by molar-refractivity contribution is 0.385. The molecule has 0 aliphatic rings. The molecule has 2 N–H and O–H groups in total. The maximum Gasteiger partial charge on any atom is 0.0496 e. The number of nitrogens with zero attached hydrogens (tertiary/aromatic N) is 1. The highest BCUT2D eigenvalue weighted by Crippen LogP contribution is 2.28. The lowest BCUT2D eigenvalue weighted by Crippen LogP contribution is -2.52. The van der Waals surface area contributed by atoms with E-state index in [9.17, 15) is 0 Å². The van der Waals surface area contributed by atoms with Crippen molar-refractivity contribution in [1.29, 1.82) is 0 Å². The first kappa shape index (κ1) is 17.0. The summed E-state index contributed by atoms with van der Waals surface area (Å²) in [6.07, 6.45) is 6.37. The molecular weight excluding hydrogens is 244 g/mol. The van der Waals surface area contributed by atoms with Crippen molar-refractivity contribution >= 4 is 5.69 Å². The third kappa shape index (κ3) is 4.52. The number of aryl methyl sites for hydroxylation is 1. The van der Waals surface area contributed by atoms with Gasteiger partial charge in [0.2, 0.25) is 0 Å². The van der Waals surface area contributed by atoms with Crippen LogP contribution in [0.5, 0.6) is 0 Å². The predicted molar refractivity (Wildman–Crippen MR) is 90.4 cm³/mol. The second kappa shape index (κ2) is 8.31. The molecule has 1 aromatic carbocycles. The Morgan fingerprint density at radius 3 is 2.45 bits per heavy atom. The number of rotatable bonds is 9. The van der Waals surface area contributed by atoms with Crippen LogP contribution < -0.4 is 10.6 Å². The zero-order chi connectivity index (χ0) is 15.0. The fraction of sp³-hybridized carbons (Fsp3) is 0.667. The van der Waals surface area contributed by atoms with Crippen molar-refractivity contribution in [3.63, 3.8) is 0 Å². The van der Waals surface area contributed by atoms with Crippen LogP contribution in [0.15, 0.2) is 24.3 Å². The van der Waals surface area contributed by atoms with Crippen LogP contribution in [0, 0.1) is 6.92 Å². The van der Waals surface area contributed by atoms with Gasteiger partial charge in [0.05, 0.1) is 0 Å². The Bertz CT molecular complexity index is 389. The monoisotopic (exact) mass is 276 g/mol. The maximum atomic E-state index is 6.13. The Morgan fingerprint density at radius 1 is 1.15 bits per heavy atom. The Kier molecular flexibility index (Phi) is 7.08. The minimum Gasteiger partial charge on any atom is -0.365 e. The molecule has 2 heteroatoms. The molecule has 0 amide bonds. The number of anilines is 1. The van der Waals surface area contributed by atoms with E-state index in [4.69, 9.17) is 5.73 Å². The molecule has 20 heavy (non-hydrogen) atoms. The Balaban J connectivity index is 2.82. The maximum absolute atomic E-state index is 6.13. The molecule has 0 heterocycles. The van der Waals surface area contributed by atoms with Crippen molar-refractivity contribution in [2.75, 3.05) is 18.0 Å². The zero-order valence-corrected chi connectivity index (χ0v) is 13.8. The van der Waals surface area contributed by atoms with E-state index in [2.05, 4.69) is 56.9 Å². The third-order valence-corrected chi connectivity index (χ3v) is 4.29. The molecule has 0 aliphatic carbocycles. The van der Waals surface area contributed by atoms with Crippen LogP contribution in [0.4, 0.5) is 5.69 Å². The lowest BCUT2D eigenvalue weighted by Gasteiger charge is -2.42. The molecule has 0 aliphatic heterocycles. The van der Waals surface area contributed by atoms with Gasteiger partial charge in [-0.25, -0.2) is 0 Å². The van der Waals surface area contributed by atoms with Gasteiger partial charge in [0, 0.05) is 24.3 Å². The molecular formula is C18H32N2. The lowest BCUT2D eigenvalue weighted by atomic mass is 9.91. The second-order valence-electron chi connectivity index (χ2n) is 6.09. The summed E-state index contributed by atoms with van der Waals surface area (Å²) in [6, 6.07) is 8.76. The molecule has 0 radical (unpaired) electrons. The van der Waals surface area contributed by atoms with Crippen LogP contribution in [-0.4, -0.2) is 18.6 Å². The van der Waals surface area contributed by atoms with Gasteiger partial charge in [-0.1, -0.05) is 44.7 Å². The topological polar surface area (TPSA) is 29.3 Å². The van der Waals surface area contributed by atoms with Crippen molar-refractivity contribution in [3.05, 3.63) is 29.8 Å². The van der Waals surface area contributed by atoms with Crippen molar-refractivity contribution < 1.29 is 0 Å². The largest absolute Gasteiger partial charge is 0.365 e. The van der Waals surface area contributed by atoms with Gasteiger partial charge in [-0.3, -0.25) is 0 Å². The zero-order valence-electron chi connectivity index (χ0n) is 13.8. The summed E-state index contributed by atoms with van der Waals surface area (Å²) in [5, 5.41) is 0. The summed E-state index contributed by atoms with van der Waals surface area (Å²) < 4.78 is 0. The van der Waals surface area contributed by atoms with Crippen LogP contribution in [0.1, 0.15) is 58.4 Å². The number of hydrogen-bond donors (Lipinski definition) is 1. The van der Waals surface area contributed by atoms with Crippen LogP contribution in [0.2, 0.25) is 0 Å². The van der Waals surface area contributed by atoms with E-state index in [1.807, 2.05) is 0 Å². The van der Waals surface area contributed by atoms with Gasteiger partial charge in [0.25, 0.3) is 0 Å². The Labute approximate surface area is 125 Å². The quantitative estimate of drug-likeness (QED) is 0.672. The molecule has 0 bridgehead atoms. The normalized spacial score (nSPS) is 14.1. The molecule has 1 rings (SSSR count). The van der Waals surface area contributed by atoms with Gasteiger partial charge < -0.3 is 10.6 Å². The minimum absolute atomic E-state index is 0.0658. The number of nitrogens with two attached hydrogens (primary N) is 1. The highest BCUT2D eigenvalue weighted by atomic mass is 15.2. The van der Waals surface area contributed by atoms with Gasteiger partial charge in [0.1, 0.15) is 0 Å². The van der Waals surface area contributed by atoms with Crippen LogP contribution in [-0.2, 0) is 0 Å². The number of benzene rings is 1. The second-order valence-corrected chi connectivity index (χ2v) is 6.09. The first-order valence-corrected chi connectivity index (χ1v) is 8.11. The average Bonchev–Trinajstić information content (AvgIpc) is 2.44. The van der Waals surface area contributed by atoms with Crippen molar-refractivity contribution in [1.82, 2.24) is 0 Å². The van der Waals surface area contributed by atoms with E-state index in [0.29, 0.717) is 6.54 Å². The SMILES string of the molecule is CCCCCCC(C)(CN)N(CC)c1cccc(C)c1. The average molecular weight is 276 g/mol. The highest BCUT2D eigenvalue weighted by Gasteiger charge is 2.29. The first-order chi connectivity index (χ1) is 9.57. The minimum atomic E-state index is 0.0658. The van der Waals surface area contributed by atoms with Crippen molar-refractivity contribution in [2.24, 2.45) is 5.73 Å². The summed E-state index contributed by atoms with van der Waals surface area (Å²) in [5.74, 6) is 0. The fourth-order valence-electron chi connectivity index (χ4n) is 2.95. The van der Waals surface area contributed by atoms with E-state index in [-0.39, 0.29) is 5.54 Å². The molecule has 2 nitrogen and oxygen atoms in total. The van der Waals surface area contributed by atoms with Gasteiger partial charge in [-0.2, -0.15) is 0 Å². The smallest absolute Gasteiger partial charge is 0.0496 e. The standard InChI is InChI=1S/C18H32N2/c1-5-7-8-9-13-18(4,15-19)20(6-2)17-12-10-11-16(3)14-17/h10-12,14H,5-9,13,15,19H2,1-4H3. The number of unbranched alkanes of at least 4 members (excludes halogenated alkanes) is 3. The van der Waals surface area contributed by atoms with Gasteiger partial charge in [0.15, 0.2) is 0 Å². The molecule has 0 fully saturated rings. The summed E-state index contributed by atoms with van der Waals surface area (Å²) >= 11 is 0. The molecule has 114 valence electrons. The van der Waals surface area contributed by atoms with Crippen LogP contribution >= 0.6 is 0 Å². The van der Waals surface area contributed by atoms with Gasteiger partial charge in [-0.15, -0.1) is 0 Å². The predicted octanol–water partition coefficient (Wildman–Crippen LogP) is 4.51. The van der Waals surface area contributed by atoms with Gasteiger partial charge >= 0.3 is 0 Å². The summed E-state index contributed by atoms with van der Waals surface area (Å²) in [4.78, 5) is 2.48.